The Kier molecular flexibility index (Phi) is 3.91. The number of amides is 1. The number of carbonyl (C=O) groups is 1. The Morgan fingerprint density at radius 2 is 2.08 bits per heavy atom. The quantitative estimate of drug-likeness (QED) is 0.745. The molecule has 3 heterocycles. The van der Waals surface area contributed by atoms with Crippen LogP contribution in [-0.2, 0) is 6.42 Å². The van der Waals surface area contributed by atoms with Gasteiger partial charge in [0, 0.05) is 37.1 Å². The Hall–Kier alpha value is -2.82. The number of benzene rings is 1. The first-order chi connectivity index (χ1) is 11.8. The Labute approximate surface area is 140 Å². The summed E-state index contributed by atoms with van der Waals surface area (Å²) < 4.78 is 0. The molecule has 1 saturated heterocycles. The molecule has 0 spiro atoms. The molecule has 3 aromatic rings. The number of fused-ring (bicyclic) bond motifs is 1. The molecule has 0 aliphatic carbocycles. The fraction of sp³-hybridized carbons (Fsp3) is 0.263. The van der Waals surface area contributed by atoms with Crippen LogP contribution >= 0.6 is 0 Å². The highest BCUT2D eigenvalue weighted by Crippen LogP contribution is 2.25. The minimum Gasteiger partial charge on any atom is -0.337 e. The van der Waals surface area contributed by atoms with Crippen LogP contribution in [0.4, 0.5) is 0 Å². The van der Waals surface area contributed by atoms with E-state index >= 15 is 0 Å². The highest BCUT2D eigenvalue weighted by atomic mass is 16.2. The topological polar surface area (TPSA) is 59.0 Å². The molecular weight excluding hydrogens is 300 g/mol. The third-order valence-electron chi connectivity index (χ3n) is 4.60. The van der Waals surface area contributed by atoms with Crippen molar-refractivity contribution in [1.82, 2.24) is 19.9 Å². The van der Waals surface area contributed by atoms with E-state index in [2.05, 4.69) is 33.2 Å². The van der Waals surface area contributed by atoms with Crippen LogP contribution < -0.4 is 0 Å². The predicted molar refractivity (Wildman–Crippen MR) is 91.5 cm³/mol. The third-order valence-corrected chi connectivity index (χ3v) is 4.60. The minimum absolute atomic E-state index is 0.0230. The number of pyridine rings is 1. The van der Waals surface area contributed by atoms with Gasteiger partial charge in [-0.1, -0.05) is 18.2 Å². The van der Waals surface area contributed by atoms with Crippen LogP contribution in [0.15, 0.2) is 55.1 Å². The highest BCUT2D eigenvalue weighted by Gasteiger charge is 2.28. The van der Waals surface area contributed by atoms with Gasteiger partial charge in [-0.05, 0) is 36.5 Å². The van der Waals surface area contributed by atoms with Gasteiger partial charge in [-0.25, -0.2) is 4.98 Å². The van der Waals surface area contributed by atoms with Gasteiger partial charge in [-0.15, -0.1) is 0 Å². The maximum Gasteiger partial charge on any atom is 0.274 e. The molecule has 0 N–H and O–H groups in total. The number of rotatable bonds is 3. The standard InChI is InChI=1S/C19H18N4O/c24-19(18-12-20-8-9-22-18)23-10-6-14(13-23)11-15-3-1-5-17-16(15)4-2-7-21-17/h1-5,7-9,12,14H,6,10-11,13H2/t14-/m0/s1. The molecule has 0 saturated carbocycles. The summed E-state index contributed by atoms with van der Waals surface area (Å²) in [6.45, 7) is 1.55. The van der Waals surface area contributed by atoms with Crippen LogP contribution in [0.3, 0.4) is 0 Å². The predicted octanol–water partition coefficient (Wildman–Crippen LogP) is 2.73. The zero-order valence-corrected chi connectivity index (χ0v) is 13.3. The van der Waals surface area contributed by atoms with Crippen molar-refractivity contribution in [3.63, 3.8) is 0 Å². The molecule has 1 amide bonds. The van der Waals surface area contributed by atoms with E-state index in [1.807, 2.05) is 23.2 Å². The molecule has 5 heteroatoms. The lowest BCUT2D eigenvalue weighted by Gasteiger charge is -2.16. The van der Waals surface area contributed by atoms with Crippen LogP contribution in [0.1, 0.15) is 22.5 Å². The molecule has 1 fully saturated rings. The summed E-state index contributed by atoms with van der Waals surface area (Å²) in [4.78, 5) is 26.9. The Morgan fingerprint density at radius 1 is 1.12 bits per heavy atom. The molecule has 4 rings (SSSR count). The Bertz CT molecular complexity index is 860. The maximum absolute atomic E-state index is 12.5. The van der Waals surface area contributed by atoms with Crippen LogP contribution in [0.25, 0.3) is 10.9 Å². The summed E-state index contributed by atoms with van der Waals surface area (Å²) >= 11 is 0. The lowest BCUT2D eigenvalue weighted by atomic mass is 9.96. The second-order valence-corrected chi connectivity index (χ2v) is 6.19. The Balaban J connectivity index is 1.48. The molecule has 5 nitrogen and oxygen atoms in total. The lowest BCUT2D eigenvalue weighted by Crippen LogP contribution is -2.29. The number of aromatic nitrogens is 3. The van der Waals surface area contributed by atoms with Gasteiger partial charge in [-0.2, -0.15) is 0 Å². The van der Waals surface area contributed by atoms with Crippen molar-refractivity contribution in [2.45, 2.75) is 12.8 Å². The van der Waals surface area contributed by atoms with E-state index in [0.717, 1.165) is 31.4 Å². The number of nitrogens with zero attached hydrogens (tertiary/aromatic N) is 4. The number of likely N-dealkylation sites (tertiary alicyclic amines) is 1. The molecule has 0 radical (unpaired) electrons. The number of carbonyl (C=O) groups excluding carboxylic acids is 1. The summed E-state index contributed by atoms with van der Waals surface area (Å²) in [5, 5.41) is 1.21. The van der Waals surface area contributed by atoms with E-state index in [9.17, 15) is 4.79 Å². The zero-order valence-electron chi connectivity index (χ0n) is 13.3. The maximum atomic E-state index is 12.5. The van der Waals surface area contributed by atoms with E-state index < -0.39 is 0 Å². The molecule has 0 unspecified atom stereocenters. The molecular formula is C19H18N4O. The van der Waals surface area contributed by atoms with Gasteiger partial charge in [-0.3, -0.25) is 14.8 Å². The van der Waals surface area contributed by atoms with Crippen molar-refractivity contribution in [1.29, 1.82) is 0 Å². The fourth-order valence-corrected chi connectivity index (χ4v) is 3.41. The first kappa shape index (κ1) is 14.8. The van der Waals surface area contributed by atoms with Crippen LogP contribution in [-0.4, -0.2) is 38.8 Å². The van der Waals surface area contributed by atoms with Crippen molar-refractivity contribution < 1.29 is 4.79 Å². The van der Waals surface area contributed by atoms with Gasteiger partial charge < -0.3 is 4.90 Å². The van der Waals surface area contributed by atoms with E-state index in [1.165, 1.54) is 17.1 Å². The average Bonchev–Trinajstić information content (AvgIpc) is 3.11. The summed E-state index contributed by atoms with van der Waals surface area (Å²) in [5.41, 5.74) is 2.76. The molecule has 1 aliphatic rings. The van der Waals surface area contributed by atoms with E-state index in [1.54, 1.807) is 12.4 Å². The number of hydrogen-bond donors (Lipinski definition) is 0. The average molecular weight is 318 g/mol. The van der Waals surface area contributed by atoms with Crippen molar-refractivity contribution in [2.24, 2.45) is 5.92 Å². The number of hydrogen-bond acceptors (Lipinski definition) is 4. The summed E-state index contributed by atoms with van der Waals surface area (Å²) in [6.07, 6.45) is 8.48. The molecule has 1 aliphatic heterocycles. The SMILES string of the molecule is O=C(c1cnccn1)N1CC[C@@H](Cc2cccc3ncccc23)C1. The van der Waals surface area contributed by atoms with Crippen molar-refractivity contribution >= 4 is 16.8 Å². The highest BCUT2D eigenvalue weighted by molar-refractivity contribution is 5.92. The first-order valence-corrected chi connectivity index (χ1v) is 8.19. The molecule has 0 bridgehead atoms. The van der Waals surface area contributed by atoms with Crippen LogP contribution in [0.2, 0.25) is 0 Å². The van der Waals surface area contributed by atoms with Gasteiger partial charge >= 0.3 is 0 Å². The van der Waals surface area contributed by atoms with Gasteiger partial charge in [0.15, 0.2) is 0 Å². The minimum atomic E-state index is -0.0230. The third kappa shape index (κ3) is 2.85. The largest absolute Gasteiger partial charge is 0.337 e. The second-order valence-electron chi connectivity index (χ2n) is 6.19. The molecule has 2 aromatic heterocycles. The lowest BCUT2D eigenvalue weighted by molar-refractivity contribution is 0.0781. The van der Waals surface area contributed by atoms with Gasteiger partial charge in [0.2, 0.25) is 0 Å². The van der Waals surface area contributed by atoms with Crippen LogP contribution in [0.5, 0.6) is 0 Å². The van der Waals surface area contributed by atoms with Gasteiger partial charge in [0.25, 0.3) is 5.91 Å². The van der Waals surface area contributed by atoms with Crippen LogP contribution in [0, 0.1) is 5.92 Å². The van der Waals surface area contributed by atoms with Gasteiger partial charge in [0.05, 0.1) is 11.7 Å². The van der Waals surface area contributed by atoms with Crippen molar-refractivity contribution in [3.8, 4) is 0 Å². The summed E-state index contributed by atoms with van der Waals surface area (Å²) in [7, 11) is 0. The van der Waals surface area contributed by atoms with Crippen molar-refractivity contribution in [3.05, 3.63) is 66.4 Å². The smallest absolute Gasteiger partial charge is 0.274 e. The van der Waals surface area contributed by atoms with Crippen molar-refractivity contribution in [2.75, 3.05) is 13.1 Å². The Morgan fingerprint density at radius 3 is 2.96 bits per heavy atom. The molecule has 24 heavy (non-hydrogen) atoms. The molecule has 1 atom stereocenters. The van der Waals surface area contributed by atoms with E-state index in [4.69, 9.17) is 0 Å². The fourth-order valence-electron chi connectivity index (χ4n) is 3.41. The van der Waals surface area contributed by atoms with E-state index in [0.29, 0.717) is 11.6 Å². The second kappa shape index (κ2) is 6.35. The monoisotopic (exact) mass is 318 g/mol. The normalized spacial score (nSPS) is 17.3. The zero-order chi connectivity index (χ0) is 16.4. The summed E-state index contributed by atoms with van der Waals surface area (Å²) in [5.74, 6) is 0.446. The molecule has 120 valence electrons. The van der Waals surface area contributed by atoms with Gasteiger partial charge in [0.1, 0.15) is 5.69 Å². The first-order valence-electron chi connectivity index (χ1n) is 8.19. The summed E-state index contributed by atoms with van der Waals surface area (Å²) in [6, 6.07) is 10.4. The molecule has 1 aromatic carbocycles. The van der Waals surface area contributed by atoms with E-state index in [-0.39, 0.29) is 5.91 Å².